The molecule has 1 unspecified atom stereocenters. The standard InChI is InChI=1S/C28H26N2O5/c1-17(26(31)30-14-18-8-2-3-9-19(18)24(15-30)27(32)33)29-28(34)35-16-25-22-12-6-4-10-20(22)21-11-5-7-13-23(21)25/h2-13,17,24-25H,14-16H2,1H3,(H,29,34)(H,32,33)/t17-,24?/m1/s1. The number of nitrogens with zero attached hydrogens (tertiary/aromatic N) is 1. The molecular formula is C28H26N2O5. The highest BCUT2D eigenvalue weighted by molar-refractivity contribution is 5.87. The molecule has 5 rings (SSSR count). The number of nitrogens with one attached hydrogen (secondary N) is 1. The van der Waals surface area contributed by atoms with Gasteiger partial charge in [-0.3, -0.25) is 9.59 Å². The third-order valence-electron chi connectivity index (χ3n) is 6.85. The molecule has 0 spiro atoms. The summed E-state index contributed by atoms with van der Waals surface area (Å²) < 4.78 is 5.55. The van der Waals surface area contributed by atoms with Gasteiger partial charge in [0, 0.05) is 19.0 Å². The summed E-state index contributed by atoms with van der Waals surface area (Å²) in [6.45, 7) is 2.09. The summed E-state index contributed by atoms with van der Waals surface area (Å²) >= 11 is 0. The van der Waals surface area contributed by atoms with Gasteiger partial charge >= 0.3 is 12.1 Å². The highest BCUT2D eigenvalue weighted by Crippen LogP contribution is 2.44. The number of carbonyl (C=O) groups is 3. The first kappa shape index (κ1) is 22.7. The van der Waals surface area contributed by atoms with Crippen LogP contribution in [0.15, 0.2) is 72.8 Å². The van der Waals surface area contributed by atoms with Crippen molar-refractivity contribution in [2.75, 3.05) is 13.2 Å². The number of carbonyl (C=O) groups excluding carboxylic acids is 2. The van der Waals surface area contributed by atoms with Crippen LogP contribution >= 0.6 is 0 Å². The van der Waals surface area contributed by atoms with Gasteiger partial charge < -0.3 is 20.1 Å². The Kier molecular flexibility index (Phi) is 5.99. The quantitative estimate of drug-likeness (QED) is 0.585. The third-order valence-corrected chi connectivity index (χ3v) is 6.85. The lowest BCUT2D eigenvalue weighted by atomic mass is 9.89. The average molecular weight is 471 g/mol. The molecule has 1 aliphatic carbocycles. The highest BCUT2D eigenvalue weighted by atomic mass is 16.5. The zero-order valence-corrected chi connectivity index (χ0v) is 19.3. The van der Waals surface area contributed by atoms with Gasteiger partial charge in [-0.15, -0.1) is 0 Å². The van der Waals surface area contributed by atoms with E-state index in [4.69, 9.17) is 4.74 Å². The number of rotatable bonds is 5. The van der Waals surface area contributed by atoms with E-state index < -0.39 is 24.0 Å². The number of aliphatic carboxylic acids is 1. The van der Waals surface area contributed by atoms with Crippen LogP contribution in [-0.4, -0.2) is 47.2 Å². The molecule has 1 heterocycles. The molecule has 1 aliphatic heterocycles. The van der Waals surface area contributed by atoms with E-state index in [0.29, 0.717) is 6.54 Å². The van der Waals surface area contributed by atoms with Crippen molar-refractivity contribution in [3.8, 4) is 11.1 Å². The fourth-order valence-electron chi connectivity index (χ4n) is 5.14. The SMILES string of the molecule is C[C@@H](NC(=O)OCC1c2ccccc2-c2ccccc21)C(=O)N1Cc2ccccc2C(C(=O)O)C1. The highest BCUT2D eigenvalue weighted by Gasteiger charge is 2.35. The molecule has 2 N–H and O–H groups in total. The Morgan fingerprint density at radius 2 is 1.51 bits per heavy atom. The first-order valence-electron chi connectivity index (χ1n) is 11.6. The first-order valence-corrected chi connectivity index (χ1v) is 11.6. The van der Waals surface area contributed by atoms with Crippen molar-refractivity contribution >= 4 is 18.0 Å². The number of benzene rings is 3. The molecule has 0 aromatic heterocycles. The van der Waals surface area contributed by atoms with Gasteiger partial charge in [0.25, 0.3) is 0 Å². The van der Waals surface area contributed by atoms with Gasteiger partial charge in [0.2, 0.25) is 5.91 Å². The van der Waals surface area contributed by atoms with Crippen molar-refractivity contribution in [1.82, 2.24) is 10.2 Å². The van der Waals surface area contributed by atoms with E-state index in [1.807, 2.05) is 48.5 Å². The number of hydrogen-bond donors (Lipinski definition) is 2. The molecular weight excluding hydrogens is 444 g/mol. The van der Waals surface area contributed by atoms with E-state index in [9.17, 15) is 19.5 Å². The van der Waals surface area contributed by atoms with Gasteiger partial charge in [-0.25, -0.2) is 4.79 Å². The van der Waals surface area contributed by atoms with Gasteiger partial charge in [-0.2, -0.15) is 0 Å². The third kappa shape index (κ3) is 4.25. The predicted octanol–water partition coefficient (Wildman–Crippen LogP) is 4.12. The average Bonchev–Trinajstić information content (AvgIpc) is 3.20. The normalized spacial score (nSPS) is 17.1. The molecule has 0 saturated carbocycles. The van der Waals surface area contributed by atoms with Crippen LogP contribution in [0.2, 0.25) is 0 Å². The Morgan fingerprint density at radius 3 is 2.14 bits per heavy atom. The van der Waals surface area contributed by atoms with Crippen LogP contribution in [0, 0.1) is 0 Å². The Bertz CT molecular complexity index is 1260. The topological polar surface area (TPSA) is 95.9 Å². The smallest absolute Gasteiger partial charge is 0.407 e. The summed E-state index contributed by atoms with van der Waals surface area (Å²) in [5, 5.41) is 12.3. The molecule has 3 aromatic carbocycles. The van der Waals surface area contributed by atoms with Crippen LogP contribution in [0.4, 0.5) is 4.79 Å². The molecule has 35 heavy (non-hydrogen) atoms. The number of ether oxygens (including phenoxy) is 1. The molecule has 3 aromatic rings. The van der Waals surface area contributed by atoms with Crippen LogP contribution < -0.4 is 5.32 Å². The Morgan fingerprint density at radius 1 is 0.943 bits per heavy atom. The Hall–Kier alpha value is -4.13. The van der Waals surface area contributed by atoms with Crippen molar-refractivity contribution in [1.29, 1.82) is 0 Å². The van der Waals surface area contributed by atoms with E-state index in [1.54, 1.807) is 19.1 Å². The van der Waals surface area contributed by atoms with E-state index in [0.717, 1.165) is 33.4 Å². The molecule has 7 nitrogen and oxygen atoms in total. The van der Waals surface area contributed by atoms with Crippen molar-refractivity contribution in [2.45, 2.75) is 31.3 Å². The van der Waals surface area contributed by atoms with Gasteiger partial charge in [0.15, 0.2) is 0 Å². The second-order valence-electron chi connectivity index (χ2n) is 9.00. The van der Waals surface area contributed by atoms with E-state index >= 15 is 0 Å². The van der Waals surface area contributed by atoms with Gasteiger partial charge in [0.05, 0.1) is 5.92 Å². The largest absolute Gasteiger partial charge is 0.481 e. The first-order chi connectivity index (χ1) is 16.9. The molecule has 7 heteroatoms. The summed E-state index contributed by atoms with van der Waals surface area (Å²) in [4.78, 5) is 38.9. The van der Waals surface area contributed by atoms with Crippen LogP contribution in [0.25, 0.3) is 11.1 Å². The van der Waals surface area contributed by atoms with Crippen molar-refractivity contribution < 1.29 is 24.2 Å². The van der Waals surface area contributed by atoms with E-state index in [2.05, 4.69) is 17.4 Å². The van der Waals surface area contributed by atoms with E-state index in [-0.39, 0.29) is 25.0 Å². The Balaban J connectivity index is 1.23. The lowest BCUT2D eigenvalue weighted by molar-refractivity contribution is -0.141. The minimum Gasteiger partial charge on any atom is -0.481 e. The van der Waals surface area contributed by atoms with Crippen LogP contribution in [-0.2, 0) is 20.9 Å². The maximum Gasteiger partial charge on any atom is 0.407 e. The van der Waals surface area contributed by atoms with Crippen LogP contribution in [0.5, 0.6) is 0 Å². The molecule has 2 atom stereocenters. The summed E-state index contributed by atoms with van der Waals surface area (Å²) in [5.74, 6) is -2.20. The minimum atomic E-state index is -0.980. The van der Waals surface area contributed by atoms with Crippen LogP contribution in [0.3, 0.4) is 0 Å². The number of hydrogen-bond acceptors (Lipinski definition) is 4. The zero-order valence-electron chi connectivity index (χ0n) is 19.3. The van der Waals surface area contributed by atoms with Crippen molar-refractivity contribution in [3.63, 3.8) is 0 Å². The summed E-state index contributed by atoms with van der Waals surface area (Å²) in [6.07, 6.45) is -0.681. The minimum absolute atomic E-state index is 0.0574. The second kappa shape index (κ2) is 9.25. The maximum absolute atomic E-state index is 13.1. The Labute approximate surface area is 203 Å². The lowest BCUT2D eigenvalue weighted by Gasteiger charge is -2.34. The van der Waals surface area contributed by atoms with Gasteiger partial charge in [-0.05, 0) is 40.3 Å². The number of carboxylic acid groups (broad SMARTS) is 1. The second-order valence-corrected chi connectivity index (χ2v) is 9.00. The van der Waals surface area contributed by atoms with E-state index in [1.165, 1.54) is 4.90 Å². The number of fused-ring (bicyclic) bond motifs is 4. The fourth-order valence-corrected chi connectivity index (χ4v) is 5.14. The molecule has 0 saturated heterocycles. The van der Waals surface area contributed by atoms with Gasteiger partial charge in [0.1, 0.15) is 12.6 Å². The number of alkyl carbamates (subject to hydrolysis) is 1. The zero-order chi connectivity index (χ0) is 24.5. The lowest BCUT2D eigenvalue weighted by Crippen LogP contribution is -2.50. The number of carboxylic acids is 1. The van der Waals surface area contributed by atoms with Gasteiger partial charge in [-0.1, -0.05) is 72.8 Å². The maximum atomic E-state index is 13.1. The summed E-state index contributed by atoms with van der Waals surface area (Å²) in [5.41, 5.74) is 6.02. The van der Waals surface area contributed by atoms with Crippen molar-refractivity contribution in [2.24, 2.45) is 0 Å². The monoisotopic (exact) mass is 470 g/mol. The summed E-state index contributed by atoms with van der Waals surface area (Å²) in [7, 11) is 0. The fraction of sp³-hybridized carbons (Fsp3) is 0.250. The van der Waals surface area contributed by atoms with Crippen molar-refractivity contribution in [3.05, 3.63) is 95.1 Å². The summed E-state index contributed by atoms with van der Waals surface area (Å²) in [6, 6.07) is 22.5. The molecule has 0 bridgehead atoms. The van der Waals surface area contributed by atoms with Crippen LogP contribution in [0.1, 0.15) is 41.0 Å². The molecule has 0 fully saturated rings. The molecule has 2 amide bonds. The molecule has 0 radical (unpaired) electrons. The predicted molar refractivity (Wildman–Crippen MR) is 130 cm³/mol. The number of amides is 2. The molecule has 178 valence electrons. The molecule has 2 aliphatic rings.